The van der Waals surface area contributed by atoms with Gasteiger partial charge in [-0.2, -0.15) is 0 Å². The van der Waals surface area contributed by atoms with Crippen LogP contribution in [0.25, 0.3) is 0 Å². The second-order valence-electron chi connectivity index (χ2n) is 2.90. The molecule has 0 bridgehead atoms. The summed E-state index contributed by atoms with van der Waals surface area (Å²) >= 11 is 0. The van der Waals surface area contributed by atoms with Crippen LogP contribution in [0.4, 0.5) is 0 Å². The molecule has 0 atom stereocenters. The van der Waals surface area contributed by atoms with Gasteiger partial charge in [0.1, 0.15) is 25.5 Å². The lowest BCUT2D eigenvalue weighted by Gasteiger charge is -2.00. The number of hydrogen-bond donors (Lipinski definition) is 2. The topological polar surface area (TPSA) is 49.3 Å². The molecule has 1 aromatic heterocycles. The van der Waals surface area contributed by atoms with Crippen molar-refractivity contribution in [2.75, 3.05) is 13.2 Å². The highest BCUT2D eigenvalue weighted by atomic mass is 16.3. The third-order valence-electron chi connectivity index (χ3n) is 2.09. The summed E-state index contributed by atoms with van der Waals surface area (Å²) < 4.78 is 4.02. The van der Waals surface area contributed by atoms with Crippen molar-refractivity contribution in [3.05, 3.63) is 18.2 Å². The van der Waals surface area contributed by atoms with E-state index in [0.29, 0.717) is 13.1 Å². The average Bonchev–Trinajstić information content (AvgIpc) is 2.49. The van der Waals surface area contributed by atoms with Crippen LogP contribution < -0.4 is 4.57 Å². The van der Waals surface area contributed by atoms with Gasteiger partial charge in [0.05, 0.1) is 13.2 Å². The first kappa shape index (κ1) is 10.2. The SMILES string of the molecule is CCc1n(CCO)cc[n+]1CCO. The summed E-state index contributed by atoms with van der Waals surface area (Å²) in [7, 11) is 0. The summed E-state index contributed by atoms with van der Waals surface area (Å²) in [5, 5.41) is 17.6. The first-order valence-electron chi connectivity index (χ1n) is 4.62. The van der Waals surface area contributed by atoms with E-state index in [4.69, 9.17) is 10.2 Å². The summed E-state index contributed by atoms with van der Waals surface area (Å²) in [6.07, 6.45) is 4.78. The molecule has 0 saturated carbocycles. The summed E-state index contributed by atoms with van der Waals surface area (Å²) in [4.78, 5) is 0. The number of rotatable bonds is 5. The maximum Gasteiger partial charge on any atom is 0.256 e. The van der Waals surface area contributed by atoms with Crippen LogP contribution in [0.15, 0.2) is 12.4 Å². The summed E-state index contributed by atoms with van der Waals surface area (Å²) in [5.74, 6) is 1.14. The van der Waals surface area contributed by atoms with Crippen LogP contribution in [0.1, 0.15) is 12.7 Å². The van der Waals surface area contributed by atoms with Crippen molar-refractivity contribution in [1.82, 2.24) is 4.57 Å². The number of imidazole rings is 1. The Labute approximate surface area is 78.1 Å². The fraction of sp³-hybridized carbons (Fsp3) is 0.667. The Balaban J connectivity index is 2.82. The molecule has 0 amide bonds. The predicted molar refractivity (Wildman–Crippen MR) is 48.2 cm³/mol. The minimum absolute atomic E-state index is 0.154. The lowest BCUT2D eigenvalue weighted by Crippen LogP contribution is -2.38. The predicted octanol–water partition coefficient (Wildman–Crippen LogP) is -0.677. The van der Waals surface area contributed by atoms with E-state index in [-0.39, 0.29) is 13.2 Å². The number of aliphatic hydroxyl groups is 2. The van der Waals surface area contributed by atoms with E-state index in [1.54, 1.807) is 0 Å². The van der Waals surface area contributed by atoms with Gasteiger partial charge in [-0.05, 0) is 0 Å². The Morgan fingerprint density at radius 1 is 1.38 bits per heavy atom. The molecule has 1 rings (SSSR count). The van der Waals surface area contributed by atoms with Crippen LogP contribution in [0, 0.1) is 0 Å². The first-order chi connectivity index (χ1) is 6.33. The van der Waals surface area contributed by atoms with Crippen LogP contribution in [0.5, 0.6) is 0 Å². The summed E-state index contributed by atoms with van der Waals surface area (Å²) in [6, 6.07) is 0. The highest BCUT2D eigenvalue weighted by Crippen LogP contribution is 1.96. The van der Waals surface area contributed by atoms with Gasteiger partial charge in [0.2, 0.25) is 0 Å². The molecule has 2 N–H and O–H groups in total. The molecule has 0 aliphatic carbocycles. The minimum atomic E-state index is 0.154. The molecular weight excluding hydrogens is 168 g/mol. The lowest BCUT2D eigenvalue weighted by molar-refractivity contribution is -0.704. The lowest BCUT2D eigenvalue weighted by atomic mass is 10.4. The molecule has 1 heterocycles. The van der Waals surface area contributed by atoms with Crippen LogP contribution in [0.2, 0.25) is 0 Å². The van der Waals surface area contributed by atoms with E-state index in [9.17, 15) is 0 Å². The van der Waals surface area contributed by atoms with Gasteiger partial charge in [-0.15, -0.1) is 0 Å². The Morgan fingerprint density at radius 2 is 2.15 bits per heavy atom. The molecule has 1 aromatic rings. The standard InChI is InChI=1S/C9H17N2O2/c1-2-9-10(5-7-12)3-4-11(9)6-8-13/h3-4,12-13H,2,5-8H2,1H3/q+1. The average molecular weight is 185 g/mol. The molecule has 0 spiro atoms. The number of aromatic nitrogens is 2. The van der Waals surface area contributed by atoms with E-state index in [2.05, 4.69) is 6.92 Å². The van der Waals surface area contributed by atoms with Crippen LogP contribution in [-0.4, -0.2) is 28.0 Å². The fourth-order valence-electron chi connectivity index (χ4n) is 1.53. The second kappa shape index (κ2) is 4.99. The van der Waals surface area contributed by atoms with E-state index >= 15 is 0 Å². The van der Waals surface area contributed by atoms with Gasteiger partial charge in [-0.3, -0.25) is 0 Å². The Morgan fingerprint density at radius 3 is 2.69 bits per heavy atom. The van der Waals surface area contributed by atoms with Gasteiger partial charge >= 0.3 is 0 Å². The van der Waals surface area contributed by atoms with Gasteiger partial charge in [0, 0.05) is 6.42 Å². The molecule has 0 aliphatic heterocycles. The smallest absolute Gasteiger partial charge is 0.256 e. The van der Waals surface area contributed by atoms with Crippen LogP contribution in [-0.2, 0) is 19.5 Å². The zero-order valence-corrected chi connectivity index (χ0v) is 7.98. The zero-order chi connectivity index (χ0) is 9.68. The minimum Gasteiger partial charge on any atom is -0.392 e. The van der Waals surface area contributed by atoms with Gasteiger partial charge in [0.15, 0.2) is 0 Å². The quantitative estimate of drug-likeness (QED) is 0.597. The maximum atomic E-state index is 8.80. The molecule has 4 heteroatoms. The van der Waals surface area contributed by atoms with Crippen LogP contribution in [0.3, 0.4) is 0 Å². The second-order valence-corrected chi connectivity index (χ2v) is 2.90. The highest BCUT2D eigenvalue weighted by molar-refractivity contribution is 4.82. The highest BCUT2D eigenvalue weighted by Gasteiger charge is 2.13. The Bertz CT molecular complexity index is 235. The molecule has 74 valence electrons. The normalized spacial score (nSPS) is 10.7. The largest absolute Gasteiger partial charge is 0.392 e. The third-order valence-corrected chi connectivity index (χ3v) is 2.09. The molecule has 0 unspecified atom stereocenters. The van der Waals surface area contributed by atoms with Crippen molar-refractivity contribution < 1.29 is 14.8 Å². The Kier molecular flexibility index (Phi) is 3.92. The fourth-order valence-corrected chi connectivity index (χ4v) is 1.53. The Hall–Kier alpha value is -0.870. The molecule has 0 aliphatic rings. The number of nitrogens with zero attached hydrogens (tertiary/aromatic N) is 2. The van der Waals surface area contributed by atoms with Gasteiger partial charge in [-0.1, -0.05) is 6.92 Å². The van der Waals surface area contributed by atoms with Crippen molar-refractivity contribution in [1.29, 1.82) is 0 Å². The van der Waals surface area contributed by atoms with Gasteiger partial charge < -0.3 is 10.2 Å². The monoisotopic (exact) mass is 185 g/mol. The van der Waals surface area contributed by atoms with Crippen molar-refractivity contribution in [2.45, 2.75) is 26.4 Å². The molecule has 13 heavy (non-hydrogen) atoms. The van der Waals surface area contributed by atoms with Crippen molar-refractivity contribution in [2.24, 2.45) is 0 Å². The molecule has 0 aromatic carbocycles. The summed E-state index contributed by atoms with van der Waals surface area (Å²) in [5.41, 5.74) is 0. The number of aliphatic hydroxyl groups excluding tert-OH is 2. The molecule has 4 nitrogen and oxygen atoms in total. The zero-order valence-electron chi connectivity index (χ0n) is 7.98. The first-order valence-corrected chi connectivity index (χ1v) is 4.62. The molecular formula is C9H17N2O2+. The van der Waals surface area contributed by atoms with Crippen molar-refractivity contribution >= 4 is 0 Å². The molecule has 0 saturated heterocycles. The van der Waals surface area contributed by atoms with E-state index in [0.717, 1.165) is 12.2 Å². The maximum absolute atomic E-state index is 8.80. The third kappa shape index (κ3) is 2.29. The van der Waals surface area contributed by atoms with E-state index < -0.39 is 0 Å². The van der Waals surface area contributed by atoms with Crippen molar-refractivity contribution in [3.8, 4) is 0 Å². The summed E-state index contributed by atoms with van der Waals surface area (Å²) in [6.45, 7) is 3.63. The number of hydrogen-bond acceptors (Lipinski definition) is 2. The van der Waals surface area contributed by atoms with Crippen LogP contribution >= 0.6 is 0 Å². The van der Waals surface area contributed by atoms with E-state index in [1.165, 1.54) is 0 Å². The molecule has 0 fully saturated rings. The van der Waals surface area contributed by atoms with Gasteiger partial charge in [-0.25, -0.2) is 9.13 Å². The van der Waals surface area contributed by atoms with E-state index in [1.807, 2.05) is 21.5 Å². The molecule has 0 radical (unpaired) electrons. The van der Waals surface area contributed by atoms with Gasteiger partial charge in [0.25, 0.3) is 5.82 Å². The van der Waals surface area contributed by atoms with Crippen molar-refractivity contribution in [3.63, 3.8) is 0 Å².